The van der Waals surface area contributed by atoms with E-state index in [4.69, 9.17) is 10.5 Å². The fourth-order valence-electron chi connectivity index (χ4n) is 1.61. The molecule has 0 unspecified atom stereocenters. The van der Waals surface area contributed by atoms with E-state index in [1.54, 1.807) is 12.0 Å². The molecule has 1 heterocycles. The third kappa shape index (κ3) is 1.92. The predicted octanol–water partition coefficient (Wildman–Crippen LogP) is -0.340. The number of nitrogens with two attached hydrogens (primary N) is 1. The maximum absolute atomic E-state index is 11.0. The van der Waals surface area contributed by atoms with Gasteiger partial charge in [-0.05, 0) is 0 Å². The molecule has 1 aliphatic rings. The largest absolute Gasteiger partial charge is 0.453 e. The summed E-state index contributed by atoms with van der Waals surface area (Å²) < 4.78 is 9.62. The van der Waals surface area contributed by atoms with E-state index >= 15 is 0 Å². The van der Waals surface area contributed by atoms with Crippen molar-refractivity contribution >= 4 is 6.09 Å². The van der Waals surface area contributed by atoms with Crippen LogP contribution in [0.15, 0.2) is 0 Å². The molecule has 0 atom stereocenters. The smallest absolute Gasteiger partial charge is 0.409 e. The summed E-state index contributed by atoms with van der Waals surface area (Å²) in [7, 11) is 3.01. The van der Waals surface area contributed by atoms with Crippen molar-refractivity contribution in [3.63, 3.8) is 0 Å². The van der Waals surface area contributed by atoms with Crippen LogP contribution < -0.4 is 5.73 Å². The Morgan fingerprint density at radius 3 is 2.54 bits per heavy atom. The summed E-state index contributed by atoms with van der Waals surface area (Å²) in [5, 5.41) is 0. The lowest BCUT2D eigenvalue weighted by Gasteiger charge is -2.48. The third-order valence-electron chi connectivity index (χ3n) is 2.37. The number of hydrogen-bond acceptors (Lipinski definition) is 4. The van der Waals surface area contributed by atoms with E-state index in [0.717, 1.165) is 0 Å². The lowest BCUT2D eigenvalue weighted by molar-refractivity contribution is -0.0388. The van der Waals surface area contributed by atoms with E-state index in [1.807, 2.05) is 0 Å². The minimum atomic E-state index is -0.292. The summed E-state index contributed by atoms with van der Waals surface area (Å²) in [6, 6.07) is 0. The van der Waals surface area contributed by atoms with Gasteiger partial charge in [0.05, 0.1) is 13.7 Å². The molecule has 0 aromatic carbocycles. The second-order valence-electron chi connectivity index (χ2n) is 3.46. The summed E-state index contributed by atoms with van der Waals surface area (Å²) in [6.45, 7) is 2.39. The summed E-state index contributed by atoms with van der Waals surface area (Å²) in [4.78, 5) is 12.6. The van der Waals surface area contributed by atoms with Crippen molar-refractivity contribution < 1.29 is 14.3 Å². The average Bonchev–Trinajstić information content (AvgIpc) is 2.09. The van der Waals surface area contributed by atoms with Crippen LogP contribution in [-0.2, 0) is 9.47 Å². The Labute approximate surface area is 77.8 Å². The van der Waals surface area contributed by atoms with Gasteiger partial charge < -0.3 is 20.1 Å². The Bertz CT molecular complexity index is 190. The molecule has 0 aromatic rings. The standard InChI is InChI=1S/C8H16N2O3/c1-12-6-8(3-9)4-10(5-8)7(11)13-2/h3-6,9H2,1-2H3. The average molecular weight is 188 g/mol. The topological polar surface area (TPSA) is 64.8 Å². The van der Waals surface area contributed by atoms with Gasteiger partial charge in [-0.2, -0.15) is 0 Å². The van der Waals surface area contributed by atoms with Gasteiger partial charge in [-0.15, -0.1) is 0 Å². The van der Waals surface area contributed by atoms with Crippen LogP contribution in [0, 0.1) is 5.41 Å². The van der Waals surface area contributed by atoms with E-state index in [1.165, 1.54) is 7.11 Å². The van der Waals surface area contributed by atoms with Crippen LogP contribution in [0.2, 0.25) is 0 Å². The van der Waals surface area contributed by atoms with Crippen LogP contribution in [0.4, 0.5) is 4.79 Å². The number of amides is 1. The first-order valence-corrected chi connectivity index (χ1v) is 4.19. The summed E-state index contributed by atoms with van der Waals surface area (Å²) >= 11 is 0. The Kier molecular flexibility index (Phi) is 3.11. The molecule has 0 bridgehead atoms. The molecule has 5 heteroatoms. The number of ether oxygens (including phenoxy) is 2. The van der Waals surface area contributed by atoms with E-state index in [2.05, 4.69) is 4.74 Å². The Morgan fingerprint density at radius 1 is 1.54 bits per heavy atom. The molecular weight excluding hydrogens is 172 g/mol. The van der Waals surface area contributed by atoms with Crippen molar-refractivity contribution in [1.29, 1.82) is 0 Å². The Hall–Kier alpha value is -0.810. The van der Waals surface area contributed by atoms with Crippen molar-refractivity contribution in [2.75, 3.05) is 40.5 Å². The number of carbonyl (C=O) groups excluding carboxylic acids is 1. The SMILES string of the molecule is COCC1(CN)CN(C(=O)OC)C1. The number of carbonyl (C=O) groups is 1. The van der Waals surface area contributed by atoms with E-state index in [0.29, 0.717) is 26.2 Å². The van der Waals surface area contributed by atoms with Crippen molar-refractivity contribution in [2.45, 2.75) is 0 Å². The fourth-order valence-corrected chi connectivity index (χ4v) is 1.61. The molecule has 0 saturated carbocycles. The predicted molar refractivity (Wildman–Crippen MR) is 47.3 cm³/mol. The lowest BCUT2D eigenvalue weighted by atomic mass is 9.81. The lowest BCUT2D eigenvalue weighted by Crippen LogP contribution is -2.63. The number of rotatable bonds is 3. The minimum absolute atomic E-state index is 0.0526. The molecule has 0 aliphatic carbocycles. The molecule has 1 fully saturated rings. The highest BCUT2D eigenvalue weighted by atomic mass is 16.5. The van der Waals surface area contributed by atoms with Gasteiger partial charge in [0, 0.05) is 32.2 Å². The fraction of sp³-hybridized carbons (Fsp3) is 0.875. The van der Waals surface area contributed by atoms with Gasteiger partial charge in [-0.1, -0.05) is 0 Å². The van der Waals surface area contributed by atoms with Crippen molar-refractivity contribution in [3.05, 3.63) is 0 Å². The summed E-state index contributed by atoms with van der Waals surface area (Å²) in [5.74, 6) is 0. The summed E-state index contributed by atoms with van der Waals surface area (Å²) in [5.41, 5.74) is 5.55. The van der Waals surface area contributed by atoms with Crippen LogP contribution in [0.3, 0.4) is 0 Å². The molecule has 0 radical (unpaired) electrons. The van der Waals surface area contributed by atoms with Gasteiger partial charge in [0.2, 0.25) is 0 Å². The second-order valence-corrected chi connectivity index (χ2v) is 3.46. The Balaban J connectivity index is 2.39. The monoisotopic (exact) mass is 188 g/mol. The quantitative estimate of drug-likeness (QED) is 0.658. The molecule has 76 valence electrons. The highest BCUT2D eigenvalue weighted by molar-refractivity contribution is 5.68. The minimum Gasteiger partial charge on any atom is -0.453 e. The molecule has 1 amide bonds. The van der Waals surface area contributed by atoms with Gasteiger partial charge in [0.15, 0.2) is 0 Å². The van der Waals surface area contributed by atoms with Crippen LogP contribution in [0.1, 0.15) is 0 Å². The maximum atomic E-state index is 11.0. The number of nitrogens with zero attached hydrogens (tertiary/aromatic N) is 1. The number of methoxy groups -OCH3 is 2. The van der Waals surface area contributed by atoms with Gasteiger partial charge in [-0.25, -0.2) is 4.79 Å². The van der Waals surface area contributed by atoms with Crippen molar-refractivity contribution in [3.8, 4) is 0 Å². The maximum Gasteiger partial charge on any atom is 0.409 e. The van der Waals surface area contributed by atoms with Gasteiger partial charge in [0.25, 0.3) is 0 Å². The molecule has 0 spiro atoms. The molecule has 1 aliphatic heterocycles. The summed E-state index contributed by atoms with van der Waals surface area (Å²) in [6.07, 6.45) is -0.292. The second kappa shape index (κ2) is 3.93. The van der Waals surface area contributed by atoms with Crippen molar-refractivity contribution in [2.24, 2.45) is 11.1 Å². The van der Waals surface area contributed by atoms with Crippen LogP contribution in [-0.4, -0.2) is 51.5 Å². The van der Waals surface area contributed by atoms with Crippen LogP contribution >= 0.6 is 0 Å². The van der Waals surface area contributed by atoms with Crippen LogP contribution in [0.25, 0.3) is 0 Å². The zero-order chi connectivity index (χ0) is 9.90. The zero-order valence-electron chi connectivity index (χ0n) is 8.08. The van der Waals surface area contributed by atoms with E-state index < -0.39 is 0 Å². The van der Waals surface area contributed by atoms with Gasteiger partial charge in [-0.3, -0.25) is 0 Å². The molecule has 1 saturated heterocycles. The highest BCUT2D eigenvalue weighted by Crippen LogP contribution is 2.29. The van der Waals surface area contributed by atoms with Crippen molar-refractivity contribution in [1.82, 2.24) is 4.90 Å². The number of likely N-dealkylation sites (tertiary alicyclic amines) is 1. The molecule has 2 N–H and O–H groups in total. The molecular formula is C8H16N2O3. The highest BCUT2D eigenvalue weighted by Gasteiger charge is 2.44. The normalized spacial score (nSPS) is 19.5. The zero-order valence-corrected chi connectivity index (χ0v) is 8.08. The molecule has 5 nitrogen and oxygen atoms in total. The molecule has 13 heavy (non-hydrogen) atoms. The first-order valence-electron chi connectivity index (χ1n) is 4.19. The molecule has 0 aromatic heterocycles. The van der Waals surface area contributed by atoms with E-state index in [9.17, 15) is 4.79 Å². The first kappa shape index (κ1) is 10.3. The molecule has 1 rings (SSSR count). The number of hydrogen-bond donors (Lipinski definition) is 1. The third-order valence-corrected chi connectivity index (χ3v) is 2.37. The van der Waals surface area contributed by atoms with Crippen LogP contribution in [0.5, 0.6) is 0 Å². The van der Waals surface area contributed by atoms with E-state index in [-0.39, 0.29) is 11.5 Å². The first-order chi connectivity index (χ1) is 6.17. The van der Waals surface area contributed by atoms with Gasteiger partial charge in [0.1, 0.15) is 0 Å². The Morgan fingerprint density at radius 2 is 2.15 bits per heavy atom. The van der Waals surface area contributed by atoms with Gasteiger partial charge >= 0.3 is 6.09 Å².